The summed E-state index contributed by atoms with van der Waals surface area (Å²) in [7, 11) is 0. The Morgan fingerprint density at radius 3 is 2.76 bits per heavy atom. The molecule has 0 fully saturated rings. The highest BCUT2D eigenvalue weighted by atomic mass is 32.2. The standard InChI is InChI=1S/C13H16N2OS/c1-2-3-9-17-10-12-14-15-13(16-12)11-7-5-4-6-8-11/h4-8H,2-3,9-10H2,1H3. The fourth-order valence-electron chi connectivity index (χ4n) is 1.42. The molecule has 0 aliphatic rings. The number of unbranched alkanes of at least 4 members (excludes halogenated alkanes) is 1. The van der Waals surface area contributed by atoms with Gasteiger partial charge in [-0.2, -0.15) is 11.8 Å². The van der Waals surface area contributed by atoms with Gasteiger partial charge in [0.15, 0.2) is 0 Å². The molecule has 1 heterocycles. The van der Waals surface area contributed by atoms with Gasteiger partial charge in [0, 0.05) is 5.56 Å². The van der Waals surface area contributed by atoms with E-state index in [-0.39, 0.29) is 0 Å². The molecule has 2 rings (SSSR count). The summed E-state index contributed by atoms with van der Waals surface area (Å²) in [5.41, 5.74) is 0.977. The predicted molar refractivity (Wildman–Crippen MR) is 70.8 cm³/mol. The van der Waals surface area contributed by atoms with Gasteiger partial charge in [0.05, 0.1) is 5.75 Å². The molecule has 0 spiro atoms. The van der Waals surface area contributed by atoms with Crippen molar-refractivity contribution in [3.8, 4) is 11.5 Å². The summed E-state index contributed by atoms with van der Waals surface area (Å²) in [6.45, 7) is 2.20. The van der Waals surface area contributed by atoms with Crippen molar-refractivity contribution in [1.82, 2.24) is 10.2 Å². The Labute approximate surface area is 106 Å². The largest absolute Gasteiger partial charge is 0.420 e. The van der Waals surface area contributed by atoms with Crippen LogP contribution in [-0.4, -0.2) is 16.0 Å². The highest BCUT2D eigenvalue weighted by molar-refractivity contribution is 7.98. The van der Waals surface area contributed by atoms with Gasteiger partial charge >= 0.3 is 0 Å². The lowest BCUT2D eigenvalue weighted by atomic mass is 10.2. The van der Waals surface area contributed by atoms with Crippen molar-refractivity contribution in [2.45, 2.75) is 25.5 Å². The highest BCUT2D eigenvalue weighted by Gasteiger charge is 2.07. The van der Waals surface area contributed by atoms with Crippen molar-refractivity contribution in [3.63, 3.8) is 0 Å². The zero-order chi connectivity index (χ0) is 11.9. The Kier molecular flexibility index (Phi) is 4.62. The first-order valence-corrected chi connectivity index (χ1v) is 7.01. The van der Waals surface area contributed by atoms with Crippen LogP contribution in [0.4, 0.5) is 0 Å². The first-order chi connectivity index (χ1) is 8.40. The lowest BCUT2D eigenvalue weighted by Gasteiger charge is -1.95. The summed E-state index contributed by atoms with van der Waals surface area (Å²) in [5, 5.41) is 8.11. The van der Waals surface area contributed by atoms with E-state index in [4.69, 9.17) is 4.42 Å². The fraction of sp³-hybridized carbons (Fsp3) is 0.385. The lowest BCUT2D eigenvalue weighted by molar-refractivity contribution is 0.528. The Balaban J connectivity index is 1.92. The van der Waals surface area contributed by atoms with Crippen molar-refractivity contribution in [2.75, 3.05) is 5.75 Å². The zero-order valence-electron chi connectivity index (χ0n) is 9.93. The lowest BCUT2D eigenvalue weighted by Crippen LogP contribution is -1.83. The van der Waals surface area contributed by atoms with Crippen LogP contribution < -0.4 is 0 Å². The van der Waals surface area contributed by atoms with E-state index in [1.807, 2.05) is 42.1 Å². The van der Waals surface area contributed by atoms with Crippen molar-refractivity contribution in [2.24, 2.45) is 0 Å². The van der Waals surface area contributed by atoms with E-state index < -0.39 is 0 Å². The first kappa shape index (κ1) is 12.2. The van der Waals surface area contributed by atoms with E-state index >= 15 is 0 Å². The van der Waals surface area contributed by atoms with Crippen LogP contribution in [0.2, 0.25) is 0 Å². The molecule has 2 aromatic rings. The molecule has 0 aliphatic carbocycles. The highest BCUT2D eigenvalue weighted by Crippen LogP contribution is 2.19. The van der Waals surface area contributed by atoms with Crippen LogP contribution in [0.3, 0.4) is 0 Å². The van der Waals surface area contributed by atoms with Gasteiger partial charge in [-0.25, -0.2) is 0 Å². The second-order valence-corrected chi connectivity index (χ2v) is 4.88. The topological polar surface area (TPSA) is 38.9 Å². The van der Waals surface area contributed by atoms with Gasteiger partial charge in [0.1, 0.15) is 0 Å². The van der Waals surface area contributed by atoms with Crippen LogP contribution in [0.5, 0.6) is 0 Å². The normalized spacial score (nSPS) is 10.6. The van der Waals surface area contributed by atoms with Crippen molar-refractivity contribution in [3.05, 3.63) is 36.2 Å². The number of aromatic nitrogens is 2. The van der Waals surface area contributed by atoms with Crippen molar-refractivity contribution >= 4 is 11.8 Å². The number of benzene rings is 1. The summed E-state index contributed by atoms with van der Waals surface area (Å²) >= 11 is 1.84. The van der Waals surface area contributed by atoms with E-state index in [9.17, 15) is 0 Å². The molecule has 17 heavy (non-hydrogen) atoms. The molecule has 4 heteroatoms. The van der Waals surface area contributed by atoms with Crippen molar-refractivity contribution < 1.29 is 4.42 Å². The Bertz CT molecular complexity index is 442. The van der Waals surface area contributed by atoms with Crippen LogP contribution in [0.15, 0.2) is 34.7 Å². The van der Waals surface area contributed by atoms with Crippen molar-refractivity contribution in [1.29, 1.82) is 0 Å². The molecule has 0 N–H and O–H groups in total. The van der Waals surface area contributed by atoms with E-state index in [1.165, 1.54) is 12.8 Å². The van der Waals surface area contributed by atoms with Crippen LogP contribution in [0, 0.1) is 0 Å². The summed E-state index contributed by atoms with van der Waals surface area (Å²) in [4.78, 5) is 0. The number of thioether (sulfide) groups is 1. The summed E-state index contributed by atoms with van der Waals surface area (Å²) in [6, 6.07) is 9.86. The third-order valence-corrected chi connectivity index (χ3v) is 3.38. The monoisotopic (exact) mass is 248 g/mol. The van der Waals surface area contributed by atoms with Crippen LogP contribution in [-0.2, 0) is 5.75 Å². The maximum atomic E-state index is 5.61. The molecule has 0 saturated heterocycles. The number of hydrogen-bond donors (Lipinski definition) is 0. The maximum Gasteiger partial charge on any atom is 0.247 e. The van der Waals surface area contributed by atoms with E-state index in [0.717, 1.165) is 17.1 Å². The molecule has 1 aromatic carbocycles. The minimum atomic E-state index is 0.608. The van der Waals surface area contributed by atoms with Crippen LogP contribution in [0.1, 0.15) is 25.7 Å². The van der Waals surface area contributed by atoms with Gasteiger partial charge in [-0.05, 0) is 24.3 Å². The number of nitrogens with zero attached hydrogens (tertiary/aromatic N) is 2. The Morgan fingerprint density at radius 1 is 1.18 bits per heavy atom. The molecule has 0 atom stereocenters. The summed E-state index contributed by atoms with van der Waals surface area (Å²) in [5.74, 6) is 3.28. The smallest absolute Gasteiger partial charge is 0.247 e. The second kappa shape index (κ2) is 6.45. The average molecular weight is 248 g/mol. The number of hydrogen-bond acceptors (Lipinski definition) is 4. The second-order valence-electron chi connectivity index (χ2n) is 3.77. The van der Waals surface area contributed by atoms with Crippen LogP contribution in [0.25, 0.3) is 11.5 Å². The van der Waals surface area contributed by atoms with E-state index in [2.05, 4.69) is 17.1 Å². The molecule has 0 aliphatic heterocycles. The summed E-state index contributed by atoms with van der Waals surface area (Å²) < 4.78 is 5.61. The first-order valence-electron chi connectivity index (χ1n) is 5.85. The molecule has 0 amide bonds. The zero-order valence-corrected chi connectivity index (χ0v) is 10.7. The third kappa shape index (κ3) is 3.60. The molecule has 0 unspecified atom stereocenters. The maximum absolute atomic E-state index is 5.61. The molecule has 3 nitrogen and oxygen atoms in total. The summed E-state index contributed by atoms with van der Waals surface area (Å²) in [6.07, 6.45) is 2.47. The fourth-order valence-corrected chi connectivity index (χ4v) is 2.34. The third-order valence-electron chi connectivity index (χ3n) is 2.36. The van der Waals surface area contributed by atoms with Gasteiger partial charge < -0.3 is 4.42 Å². The van der Waals surface area contributed by atoms with Gasteiger partial charge in [-0.1, -0.05) is 31.5 Å². The van der Waals surface area contributed by atoms with Gasteiger partial charge in [-0.15, -0.1) is 10.2 Å². The molecule has 0 radical (unpaired) electrons. The molecule has 0 bridgehead atoms. The van der Waals surface area contributed by atoms with E-state index in [0.29, 0.717) is 11.8 Å². The van der Waals surface area contributed by atoms with Crippen LogP contribution >= 0.6 is 11.8 Å². The molecular formula is C13H16N2OS. The minimum Gasteiger partial charge on any atom is -0.420 e. The number of rotatable bonds is 6. The van der Waals surface area contributed by atoms with E-state index in [1.54, 1.807) is 0 Å². The van der Waals surface area contributed by atoms with Gasteiger partial charge in [-0.3, -0.25) is 0 Å². The SMILES string of the molecule is CCCCSCc1nnc(-c2ccccc2)o1. The molecule has 90 valence electrons. The predicted octanol–water partition coefficient (Wildman–Crippen LogP) is 3.77. The Hall–Kier alpha value is -1.29. The average Bonchev–Trinajstić information content (AvgIpc) is 2.85. The molecular weight excluding hydrogens is 232 g/mol. The molecule has 0 saturated carbocycles. The molecule has 1 aromatic heterocycles. The minimum absolute atomic E-state index is 0.608. The van der Waals surface area contributed by atoms with Gasteiger partial charge in [0.25, 0.3) is 0 Å². The quantitative estimate of drug-likeness (QED) is 0.729. The van der Waals surface area contributed by atoms with Gasteiger partial charge in [0.2, 0.25) is 11.8 Å². The Morgan fingerprint density at radius 2 is 2.00 bits per heavy atom.